The van der Waals surface area contributed by atoms with Gasteiger partial charge in [0.1, 0.15) is 11.5 Å². The maximum Gasteiger partial charge on any atom is 0.318 e. The predicted octanol–water partition coefficient (Wildman–Crippen LogP) is 1.21. The summed E-state index contributed by atoms with van der Waals surface area (Å²) in [4.78, 5) is 12.6. The van der Waals surface area contributed by atoms with Gasteiger partial charge in [0.05, 0.1) is 12.7 Å². The molecule has 0 amide bonds. The average molecular weight is 308 g/mol. The van der Waals surface area contributed by atoms with Crippen molar-refractivity contribution in [3.8, 4) is 0 Å². The molecular weight excluding hydrogens is 284 g/mol. The van der Waals surface area contributed by atoms with E-state index in [1.165, 1.54) is 0 Å². The van der Waals surface area contributed by atoms with E-state index in [-0.39, 0.29) is 35.4 Å². The molecule has 5 nitrogen and oxygen atoms in total. The van der Waals surface area contributed by atoms with Crippen molar-refractivity contribution in [1.82, 2.24) is 0 Å². The van der Waals surface area contributed by atoms with E-state index in [0.29, 0.717) is 18.9 Å². The summed E-state index contributed by atoms with van der Waals surface area (Å²) in [5, 5.41) is 21.4. The highest BCUT2D eigenvalue weighted by Gasteiger charge is 2.79. The Hall–Kier alpha value is -0.650. The van der Waals surface area contributed by atoms with Crippen molar-refractivity contribution in [3.63, 3.8) is 0 Å². The number of carbonyl (C=O) groups is 1. The first kappa shape index (κ1) is 13.8. The average Bonchev–Trinajstić information content (AvgIpc) is 2.77. The molecule has 1 spiro atoms. The number of carbonyl (C=O) groups excluding carboxylic acids is 1. The van der Waals surface area contributed by atoms with Gasteiger partial charge in [-0.3, -0.25) is 4.79 Å². The van der Waals surface area contributed by atoms with Crippen LogP contribution in [-0.4, -0.2) is 40.8 Å². The van der Waals surface area contributed by atoms with Crippen molar-refractivity contribution in [2.75, 3.05) is 6.61 Å². The third kappa shape index (κ3) is 1.24. The molecule has 6 rings (SSSR count). The molecule has 6 aliphatic rings. The van der Waals surface area contributed by atoms with Gasteiger partial charge in [-0.25, -0.2) is 0 Å². The fourth-order valence-corrected chi connectivity index (χ4v) is 6.88. The Balaban J connectivity index is 1.68. The van der Waals surface area contributed by atoms with Crippen molar-refractivity contribution < 1.29 is 24.5 Å². The van der Waals surface area contributed by atoms with Gasteiger partial charge in [0.15, 0.2) is 5.79 Å². The lowest BCUT2D eigenvalue weighted by Gasteiger charge is -2.67. The van der Waals surface area contributed by atoms with Crippen molar-refractivity contribution in [1.29, 1.82) is 0 Å². The van der Waals surface area contributed by atoms with Gasteiger partial charge in [-0.05, 0) is 44.4 Å². The molecule has 6 fully saturated rings. The Morgan fingerprint density at radius 2 is 2.09 bits per heavy atom. The Morgan fingerprint density at radius 1 is 1.27 bits per heavy atom. The summed E-state index contributed by atoms with van der Waals surface area (Å²) in [6.07, 6.45) is 4.66. The van der Waals surface area contributed by atoms with E-state index in [0.717, 1.165) is 32.1 Å². The molecular formula is C17H24O5. The van der Waals surface area contributed by atoms with Gasteiger partial charge in [0, 0.05) is 17.8 Å². The monoisotopic (exact) mass is 308 g/mol. The van der Waals surface area contributed by atoms with Crippen LogP contribution >= 0.6 is 0 Å². The van der Waals surface area contributed by atoms with E-state index in [1.807, 2.05) is 6.92 Å². The molecule has 8 atom stereocenters. The maximum absolute atomic E-state index is 12.6. The fraction of sp³-hybridized carbons (Fsp3) is 0.941. The van der Waals surface area contributed by atoms with E-state index >= 15 is 0 Å². The zero-order valence-electron chi connectivity index (χ0n) is 13.0. The lowest BCUT2D eigenvalue weighted by Crippen LogP contribution is -2.73. The zero-order chi connectivity index (χ0) is 15.3. The molecule has 0 aromatic rings. The number of fused-ring (bicyclic) bond motifs is 3. The molecule has 2 bridgehead atoms. The number of hydrogen-bond acceptors (Lipinski definition) is 5. The minimum absolute atomic E-state index is 0.0338. The van der Waals surface area contributed by atoms with Gasteiger partial charge in [0.2, 0.25) is 0 Å². The van der Waals surface area contributed by atoms with Crippen LogP contribution in [0.15, 0.2) is 0 Å². The second kappa shape index (κ2) is 3.87. The standard InChI is InChI=1S/C17H24O5/c1-15-13-12(22-14(15)19)7-9-10(3-2-4-11(9)18)16(13)5-6-17(15,20)21-8-16/h9-13,18,20H,2-8H2,1H3/t9-,10?,11-,12-,13?,15+,16+,17-/m1/s1. The summed E-state index contributed by atoms with van der Waals surface area (Å²) in [6, 6.07) is 0. The normalized spacial score (nSPS) is 62.3. The fourth-order valence-electron chi connectivity index (χ4n) is 6.88. The molecule has 2 unspecified atom stereocenters. The number of hydrogen-bond donors (Lipinski definition) is 2. The highest BCUT2D eigenvalue weighted by Crippen LogP contribution is 2.72. The zero-order valence-corrected chi connectivity index (χ0v) is 13.0. The molecule has 0 aromatic heterocycles. The van der Waals surface area contributed by atoms with Crippen LogP contribution in [-0.2, 0) is 14.3 Å². The van der Waals surface area contributed by atoms with Crippen LogP contribution in [0.1, 0.15) is 45.4 Å². The number of aliphatic hydroxyl groups is 2. The van der Waals surface area contributed by atoms with Gasteiger partial charge in [-0.2, -0.15) is 0 Å². The van der Waals surface area contributed by atoms with Gasteiger partial charge in [-0.1, -0.05) is 6.42 Å². The highest BCUT2D eigenvalue weighted by molar-refractivity contribution is 5.81. The van der Waals surface area contributed by atoms with E-state index in [2.05, 4.69) is 0 Å². The highest BCUT2D eigenvalue weighted by atomic mass is 16.6. The molecule has 2 N–H and O–H groups in total. The summed E-state index contributed by atoms with van der Waals surface area (Å²) in [6.45, 7) is 2.34. The molecule has 22 heavy (non-hydrogen) atoms. The number of esters is 1. The largest absolute Gasteiger partial charge is 0.461 e. The van der Waals surface area contributed by atoms with Crippen LogP contribution in [0.5, 0.6) is 0 Å². The van der Waals surface area contributed by atoms with Crippen molar-refractivity contribution in [2.24, 2.45) is 28.6 Å². The molecule has 3 aliphatic carbocycles. The smallest absolute Gasteiger partial charge is 0.318 e. The minimum atomic E-state index is -1.37. The summed E-state index contributed by atoms with van der Waals surface area (Å²) < 4.78 is 11.6. The number of aliphatic hydroxyl groups excluding tert-OH is 1. The van der Waals surface area contributed by atoms with Gasteiger partial charge in [-0.15, -0.1) is 0 Å². The van der Waals surface area contributed by atoms with Crippen LogP contribution in [0, 0.1) is 28.6 Å². The first-order chi connectivity index (χ1) is 10.4. The molecule has 3 saturated heterocycles. The third-order valence-electron chi connectivity index (χ3n) is 7.89. The molecule has 3 aliphatic heterocycles. The lowest BCUT2D eigenvalue weighted by molar-refractivity contribution is -0.378. The Bertz CT molecular complexity index is 537. The number of rotatable bonds is 0. The Morgan fingerprint density at radius 3 is 2.82 bits per heavy atom. The second-order valence-corrected chi connectivity index (χ2v) is 8.43. The lowest BCUT2D eigenvalue weighted by atomic mass is 9.41. The third-order valence-corrected chi connectivity index (χ3v) is 7.89. The first-order valence-corrected chi connectivity index (χ1v) is 8.68. The maximum atomic E-state index is 12.6. The van der Waals surface area contributed by atoms with E-state index in [4.69, 9.17) is 9.47 Å². The molecule has 5 heteroatoms. The number of ether oxygens (including phenoxy) is 2. The quantitative estimate of drug-likeness (QED) is 0.658. The topological polar surface area (TPSA) is 76.0 Å². The Kier molecular flexibility index (Phi) is 2.42. The SMILES string of the molecule is C[C@]12C(=O)O[C@@H]3C[C@@H]4C(CCC[C@H]4O)[C@@]4(CC[C@@]1(O)OC4)C32. The van der Waals surface area contributed by atoms with Crippen LogP contribution < -0.4 is 0 Å². The summed E-state index contributed by atoms with van der Waals surface area (Å²) in [5.41, 5.74) is -1.05. The summed E-state index contributed by atoms with van der Waals surface area (Å²) in [5.74, 6) is -1.05. The second-order valence-electron chi connectivity index (χ2n) is 8.43. The van der Waals surface area contributed by atoms with Crippen LogP contribution in [0.2, 0.25) is 0 Å². The van der Waals surface area contributed by atoms with Gasteiger partial charge < -0.3 is 19.7 Å². The summed E-state index contributed by atoms with van der Waals surface area (Å²) >= 11 is 0. The molecule has 3 saturated carbocycles. The van der Waals surface area contributed by atoms with E-state index in [9.17, 15) is 15.0 Å². The first-order valence-electron chi connectivity index (χ1n) is 8.68. The predicted molar refractivity (Wildman–Crippen MR) is 75.5 cm³/mol. The van der Waals surface area contributed by atoms with Crippen molar-refractivity contribution in [2.45, 2.75) is 63.4 Å². The van der Waals surface area contributed by atoms with Crippen LogP contribution in [0.4, 0.5) is 0 Å². The van der Waals surface area contributed by atoms with Gasteiger partial charge in [0.25, 0.3) is 0 Å². The summed E-state index contributed by atoms with van der Waals surface area (Å²) in [7, 11) is 0. The molecule has 122 valence electrons. The van der Waals surface area contributed by atoms with E-state index < -0.39 is 11.2 Å². The van der Waals surface area contributed by atoms with Crippen molar-refractivity contribution in [3.05, 3.63) is 0 Å². The molecule has 0 radical (unpaired) electrons. The minimum Gasteiger partial charge on any atom is -0.461 e. The molecule has 3 heterocycles. The van der Waals surface area contributed by atoms with Gasteiger partial charge >= 0.3 is 5.97 Å². The van der Waals surface area contributed by atoms with E-state index in [1.54, 1.807) is 0 Å². The van der Waals surface area contributed by atoms with Crippen molar-refractivity contribution >= 4 is 5.97 Å². The van der Waals surface area contributed by atoms with Crippen LogP contribution in [0.3, 0.4) is 0 Å². The van der Waals surface area contributed by atoms with Crippen LogP contribution in [0.25, 0.3) is 0 Å². The molecule has 0 aromatic carbocycles. The Labute approximate surface area is 130 Å².